The zero-order chi connectivity index (χ0) is 14.4. The minimum absolute atomic E-state index is 0.316. The van der Waals surface area contributed by atoms with Gasteiger partial charge in [0.15, 0.2) is 0 Å². The maximum absolute atomic E-state index is 11.9. The molecule has 1 N–H and O–H groups in total. The van der Waals surface area contributed by atoms with E-state index in [-0.39, 0.29) is 5.97 Å². The van der Waals surface area contributed by atoms with Gasteiger partial charge in [0, 0.05) is 11.6 Å². The molecule has 0 saturated heterocycles. The highest BCUT2D eigenvalue weighted by Crippen LogP contribution is 2.18. The Labute approximate surface area is 123 Å². The monoisotopic (exact) mass is 289 g/mol. The zero-order valence-corrected chi connectivity index (χ0v) is 11.9. The number of ether oxygens (including phenoxy) is 1. The second kappa shape index (κ2) is 7.08. The summed E-state index contributed by atoms with van der Waals surface area (Å²) in [6.07, 6.45) is 0. The van der Waals surface area contributed by atoms with Gasteiger partial charge in [-0.1, -0.05) is 54.1 Å². The average molecular weight is 290 g/mol. The van der Waals surface area contributed by atoms with Crippen LogP contribution in [0.5, 0.6) is 0 Å². The molecule has 0 aliphatic carbocycles. The Morgan fingerprint density at radius 1 is 1.15 bits per heavy atom. The first kappa shape index (κ1) is 14.6. The van der Waals surface area contributed by atoms with E-state index in [0.717, 1.165) is 11.1 Å². The van der Waals surface area contributed by atoms with Crippen LogP contribution in [-0.2, 0) is 16.1 Å². The van der Waals surface area contributed by atoms with E-state index in [2.05, 4.69) is 5.32 Å². The van der Waals surface area contributed by atoms with E-state index >= 15 is 0 Å². The standard InChI is InChI=1S/C16H16ClNO2/c1-20-16(19)15(13-7-9-14(17)10-8-13)18-11-12-5-3-2-4-6-12/h2-10,15,18H,11H2,1H3. The fraction of sp³-hybridized carbons (Fsp3) is 0.188. The molecular formula is C16H16ClNO2. The van der Waals surface area contributed by atoms with Gasteiger partial charge >= 0.3 is 5.97 Å². The second-order valence-electron chi connectivity index (χ2n) is 4.37. The van der Waals surface area contributed by atoms with Crippen molar-refractivity contribution in [3.63, 3.8) is 0 Å². The largest absolute Gasteiger partial charge is 0.468 e. The molecule has 20 heavy (non-hydrogen) atoms. The number of rotatable bonds is 5. The first-order valence-corrected chi connectivity index (χ1v) is 6.69. The van der Waals surface area contributed by atoms with Crippen molar-refractivity contribution in [2.24, 2.45) is 0 Å². The Kier molecular flexibility index (Phi) is 5.16. The third kappa shape index (κ3) is 3.83. The Morgan fingerprint density at radius 3 is 2.40 bits per heavy atom. The number of methoxy groups -OCH3 is 1. The summed E-state index contributed by atoms with van der Waals surface area (Å²) in [4.78, 5) is 11.9. The number of esters is 1. The first-order chi connectivity index (χ1) is 9.70. The van der Waals surface area contributed by atoms with E-state index in [1.807, 2.05) is 42.5 Å². The Morgan fingerprint density at radius 2 is 1.80 bits per heavy atom. The van der Waals surface area contributed by atoms with E-state index in [0.29, 0.717) is 11.6 Å². The third-order valence-corrected chi connectivity index (χ3v) is 3.25. The normalized spacial score (nSPS) is 11.9. The van der Waals surface area contributed by atoms with Gasteiger partial charge in [-0.05, 0) is 23.3 Å². The van der Waals surface area contributed by atoms with Crippen molar-refractivity contribution in [3.05, 3.63) is 70.7 Å². The molecule has 0 saturated carbocycles. The Hall–Kier alpha value is -1.84. The van der Waals surface area contributed by atoms with Crippen LogP contribution in [0.2, 0.25) is 5.02 Å². The molecule has 1 unspecified atom stereocenters. The Bertz CT molecular complexity index is 554. The SMILES string of the molecule is COC(=O)C(NCc1ccccc1)c1ccc(Cl)cc1. The molecule has 0 radical (unpaired) electrons. The number of carbonyl (C=O) groups is 1. The van der Waals surface area contributed by atoms with Crippen LogP contribution in [0.3, 0.4) is 0 Å². The molecule has 2 aromatic carbocycles. The number of hydrogen-bond donors (Lipinski definition) is 1. The number of hydrogen-bond acceptors (Lipinski definition) is 3. The molecule has 2 aromatic rings. The van der Waals surface area contributed by atoms with Crippen LogP contribution >= 0.6 is 11.6 Å². The van der Waals surface area contributed by atoms with Gasteiger partial charge < -0.3 is 4.74 Å². The molecule has 0 bridgehead atoms. The van der Waals surface area contributed by atoms with Gasteiger partial charge in [0.2, 0.25) is 0 Å². The minimum atomic E-state index is -0.502. The summed E-state index contributed by atoms with van der Waals surface area (Å²) in [7, 11) is 1.38. The lowest BCUT2D eigenvalue weighted by atomic mass is 10.1. The fourth-order valence-corrected chi connectivity index (χ4v) is 2.05. The molecule has 0 spiro atoms. The van der Waals surface area contributed by atoms with Crippen molar-refractivity contribution in [1.82, 2.24) is 5.32 Å². The molecule has 0 aliphatic rings. The zero-order valence-electron chi connectivity index (χ0n) is 11.2. The topological polar surface area (TPSA) is 38.3 Å². The summed E-state index contributed by atoms with van der Waals surface area (Å²) in [5, 5.41) is 3.84. The fourth-order valence-electron chi connectivity index (χ4n) is 1.93. The van der Waals surface area contributed by atoms with Gasteiger partial charge in [-0.25, -0.2) is 4.79 Å². The van der Waals surface area contributed by atoms with Crippen LogP contribution in [0, 0.1) is 0 Å². The summed E-state index contributed by atoms with van der Waals surface area (Å²) in [6.45, 7) is 0.587. The highest BCUT2D eigenvalue weighted by Gasteiger charge is 2.20. The van der Waals surface area contributed by atoms with Crippen LogP contribution < -0.4 is 5.32 Å². The van der Waals surface area contributed by atoms with E-state index in [4.69, 9.17) is 16.3 Å². The van der Waals surface area contributed by atoms with Crippen molar-refractivity contribution >= 4 is 17.6 Å². The highest BCUT2D eigenvalue weighted by molar-refractivity contribution is 6.30. The summed E-state index contributed by atoms with van der Waals surface area (Å²) >= 11 is 5.87. The van der Waals surface area contributed by atoms with Crippen LogP contribution in [0.25, 0.3) is 0 Å². The maximum atomic E-state index is 11.9. The van der Waals surface area contributed by atoms with Crippen LogP contribution in [0.15, 0.2) is 54.6 Å². The molecule has 0 heterocycles. The van der Waals surface area contributed by atoms with Crippen molar-refractivity contribution in [2.75, 3.05) is 7.11 Å². The predicted molar refractivity (Wildman–Crippen MR) is 79.5 cm³/mol. The lowest BCUT2D eigenvalue weighted by Crippen LogP contribution is -2.29. The smallest absolute Gasteiger partial charge is 0.327 e. The molecular weight excluding hydrogens is 274 g/mol. The molecule has 2 rings (SSSR count). The molecule has 0 aromatic heterocycles. The lowest BCUT2D eigenvalue weighted by molar-refractivity contribution is -0.143. The van der Waals surface area contributed by atoms with E-state index < -0.39 is 6.04 Å². The molecule has 1 atom stereocenters. The molecule has 3 nitrogen and oxygen atoms in total. The van der Waals surface area contributed by atoms with Gasteiger partial charge in [-0.3, -0.25) is 5.32 Å². The lowest BCUT2D eigenvalue weighted by Gasteiger charge is -2.17. The molecule has 4 heteroatoms. The number of halogens is 1. The van der Waals surface area contributed by atoms with E-state index in [1.54, 1.807) is 12.1 Å². The van der Waals surface area contributed by atoms with Crippen LogP contribution in [0.4, 0.5) is 0 Å². The van der Waals surface area contributed by atoms with Gasteiger partial charge in [-0.2, -0.15) is 0 Å². The average Bonchev–Trinajstić information content (AvgIpc) is 2.50. The van der Waals surface area contributed by atoms with Crippen molar-refractivity contribution in [2.45, 2.75) is 12.6 Å². The number of carbonyl (C=O) groups excluding carboxylic acids is 1. The Balaban J connectivity index is 2.12. The summed E-state index contributed by atoms with van der Waals surface area (Å²) in [5.41, 5.74) is 1.94. The predicted octanol–water partition coefficient (Wildman–Crippen LogP) is 3.34. The van der Waals surface area contributed by atoms with Crippen molar-refractivity contribution in [3.8, 4) is 0 Å². The van der Waals surface area contributed by atoms with E-state index in [9.17, 15) is 4.79 Å². The van der Waals surface area contributed by atoms with Crippen molar-refractivity contribution < 1.29 is 9.53 Å². The highest BCUT2D eigenvalue weighted by atomic mass is 35.5. The molecule has 104 valence electrons. The van der Waals surface area contributed by atoms with Gasteiger partial charge in [0.25, 0.3) is 0 Å². The number of nitrogens with one attached hydrogen (secondary N) is 1. The maximum Gasteiger partial charge on any atom is 0.327 e. The van der Waals surface area contributed by atoms with Crippen LogP contribution in [0.1, 0.15) is 17.2 Å². The quantitative estimate of drug-likeness (QED) is 0.858. The molecule has 0 aliphatic heterocycles. The minimum Gasteiger partial charge on any atom is -0.468 e. The second-order valence-corrected chi connectivity index (χ2v) is 4.81. The van der Waals surface area contributed by atoms with Crippen molar-refractivity contribution in [1.29, 1.82) is 0 Å². The van der Waals surface area contributed by atoms with Gasteiger partial charge in [0.05, 0.1) is 7.11 Å². The summed E-state index contributed by atoms with van der Waals surface area (Å²) < 4.78 is 4.85. The third-order valence-electron chi connectivity index (χ3n) is 2.99. The first-order valence-electron chi connectivity index (χ1n) is 6.31. The van der Waals surface area contributed by atoms with Crippen LogP contribution in [-0.4, -0.2) is 13.1 Å². The van der Waals surface area contributed by atoms with Gasteiger partial charge in [-0.15, -0.1) is 0 Å². The summed E-state index contributed by atoms with van der Waals surface area (Å²) in [6, 6.07) is 16.6. The van der Waals surface area contributed by atoms with E-state index in [1.165, 1.54) is 7.11 Å². The molecule has 0 amide bonds. The van der Waals surface area contributed by atoms with Gasteiger partial charge in [0.1, 0.15) is 6.04 Å². The summed E-state index contributed by atoms with van der Waals surface area (Å²) in [5.74, 6) is -0.316. The number of benzene rings is 2. The molecule has 0 fully saturated rings.